The standard InChI is InChI=1S/C60H39NO/c1-2-13-46-39-47(28-25-40(46)11-1)43-31-35-49(36-32-43)61(48-33-29-42(30-34-48)41-23-26-45(27-24-41)51-18-9-14-44-12-3-4-15-50(44)51)58-21-7-5-16-54(58)52-19-10-20-56-53(52)37-38-57-55-17-6-8-22-59(55)62-60(56)57/h1-39H. The highest BCUT2D eigenvalue weighted by Gasteiger charge is 2.20. The summed E-state index contributed by atoms with van der Waals surface area (Å²) in [5, 5.41) is 9.53. The van der Waals surface area contributed by atoms with Gasteiger partial charge < -0.3 is 9.32 Å². The van der Waals surface area contributed by atoms with E-state index in [0.29, 0.717) is 0 Å². The third-order valence-corrected chi connectivity index (χ3v) is 12.5. The number of anilines is 3. The van der Waals surface area contributed by atoms with Gasteiger partial charge in [0.15, 0.2) is 0 Å². The number of nitrogens with zero attached hydrogens (tertiary/aromatic N) is 1. The first-order chi connectivity index (χ1) is 30.7. The van der Waals surface area contributed by atoms with Crippen molar-refractivity contribution in [3.05, 3.63) is 237 Å². The molecule has 1 heterocycles. The highest BCUT2D eigenvalue weighted by molar-refractivity contribution is 6.18. The number of para-hydroxylation sites is 2. The number of benzene rings is 11. The van der Waals surface area contributed by atoms with Crippen LogP contribution in [0, 0.1) is 0 Å². The van der Waals surface area contributed by atoms with Gasteiger partial charge in [0.2, 0.25) is 0 Å². The third kappa shape index (κ3) is 6.12. The highest BCUT2D eigenvalue weighted by Crippen LogP contribution is 2.45. The molecule has 0 bridgehead atoms. The average molecular weight is 790 g/mol. The normalized spacial score (nSPS) is 11.5. The molecule has 12 aromatic rings. The zero-order valence-electron chi connectivity index (χ0n) is 33.9. The van der Waals surface area contributed by atoms with Gasteiger partial charge in [-0.2, -0.15) is 0 Å². The average Bonchev–Trinajstić information content (AvgIpc) is 3.74. The summed E-state index contributed by atoms with van der Waals surface area (Å²) in [6, 6.07) is 85.5. The molecule has 12 rings (SSSR count). The fraction of sp³-hybridized carbons (Fsp3) is 0. The molecule has 0 unspecified atom stereocenters. The SMILES string of the molecule is c1ccc(N(c2ccc(-c3ccc(-c4cccc5ccccc45)cc3)cc2)c2ccc(-c3ccc4ccccc4c3)cc2)c(-c2cccc3c2ccc2c4ccccc4oc32)c1. The zero-order valence-corrected chi connectivity index (χ0v) is 33.9. The van der Waals surface area contributed by atoms with Crippen molar-refractivity contribution in [1.29, 1.82) is 0 Å². The van der Waals surface area contributed by atoms with Crippen molar-refractivity contribution in [3.63, 3.8) is 0 Å². The van der Waals surface area contributed by atoms with E-state index >= 15 is 0 Å². The smallest absolute Gasteiger partial charge is 0.143 e. The molecule has 0 aliphatic heterocycles. The summed E-state index contributed by atoms with van der Waals surface area (Å²) in [5.41, 5.74) is 14.6. The lowest BCUT2D eigenvalue weighted by Gasteiger charge is -2.28. The molecule has 0 atom stereocenters. The van der Waals surface area contributed by atoms with Gasteiger partial charge in [-0.1, -0.05) is 188 Å². The molecule has 0 radical (unpaired) electrons. The topological polar surface area (TPSA) is 16.4 Å². The van der Waals surface area contributed by atoms with Crippen LogP contribution < -0.4 is 4.90 Å². The predicted octanol–water partition coefficient (Wildman–Crippen LogP) is 17.2. The molecule has 62 heavy (non-hydrogen) atoms. The fourth-order valence-electron chi connectivity index (χ4n) is 9.39. The number of fused-ring (bicyclic) bond motifs is 7. The molecular weight excluding hydrogens is 751 g/mol. The van der Waals surface area contributed by atoms with Crippen LogP contribution in [0.15, 0.2) is 241 Å². The molecular formula is C60H39NO. The van der Waals surface area contributed by atoms with Gasteiger partial charge in [-0.3, -0.25) is 0 Å². The summed E-state index contributed by atoms with van der Waals surface area (Å²) in [6.07, 6.45) is 0. The van der Waals surface area contributed by atoms with Crippen molar-refractivity contribution in [3.8, 4) is 44.5 Å². The van der Waals surface area contributed by atoms with E-state index in [-0.39, 0.29) is 0 Å². The largest absolute Gasteiger partial charge is 0.455 e. The van der Waals surface area contributed by atoms with E-state index in [1.54, 1.807) is 0 Å². The third-order valence-electron chi connectivity index (χ3n) is 12.5. The van der Waals surface area contributed by atoms with E-state index in [1.807, 2.05) is 6.07 Å². The molecule has 2 heteroatoms. The van der Waals surface area contributed by atoms with Crippen LogP contribution >= 0.6 is 0 Å². The summed E-state index contributed by atoms with van der Waals surface area (Å²) in [7, 11) is 0. The monoisotopic (exact) mass is 789 g/mol. The summed E-state index contributed by atoms with van der Waals surface area (Å²) < 4.78 is 6.53. The lowest BCUT2D eigenvalue weighted by atomic mass is 9.94. The second-order valence-corrected chi connectivity index (χ2v) is 16.1. The van der Waals surface area contributed by atoms with Crippen LogP contribution in [-0.2, 0) is 0 Å². The van der Waals surface area contributed by atoms with E-state index < -0.39 is 0 Å². The Morgan fingerprint density at radius 2 is 0.774 bits per heavy atom. The van der Waals surface area contributed by atoms with Crippen LogP contribution in [0.1, 0.15) is 0 Å². The van der Waals surface area contributed by atoms with E-state index in [4.69, 9.17) is 4.42 Å². The number of hydrogen-bond donors (Lipinski definition) is 0. The first kappa shape index (κ1) is 35.7. The minimum absolute atomic E-state index is 0.906. The molecule has 0 fully saturated rings. The zero-order chi connectivity index (χ0) is 41.0. The van der Waals surface area contributed by atoms with Gasteiger partial charge in [-0.05, 0) is 114 Å². The molecule has 0 spiro atoms. The first-order valence-corrected chi connectivity index (χ1v) is 21.2. The molecule has 0 aliphatic carbocycles. The Morgan fingerprint density at radius 3 is 1.56 bits per heavy atom. The van der Waals surface area contributed by atoms with Crippen LogP contribution in [0.4, 0.5) is 17.1 Å². The number of furan rings is 1. The lowest BCUT2D eigenvalue weighted by Crippen LogP contribution is -2.11. The minimum Gasteiger partial charge on any atom is -0.455 e. The maximum Gasteiger partial charge on any atom is 0.143 e. The summed E-state index contributed by atoms with van der Waals surface area (Å²) in [6.45, 7) is 0. The Morgan fingerprint density at radius 1 is 0.274 bits per heavy atom. The van der Waals surface area contributed by atoms with Crippen LogP contribution in [0.3, 0.4) is 0 Å². The van der Waals surface area contributed by atoms with Crippen molar-refractivity contribution >= 4 is 71.3 Å². The Balaban J connectivity index is 0.964. The minimum atomic E-state index is 0.906. The highest BCUT2D eigenvalue weighted by atomic mass is 16.3. The van der Waals surface area contributed by atoms with Gasteiger partial charge in [0.05, 0.1) is 5.69 Å². The second kappa shape index (κ2) is 14.8. The lowest BCUT2D eigenvalue weighted by molar-refractivity contribution is 0.672. The molecule has 2 nitrogen and oxygen atoms in total. The van der Waals surface area contributed by atoms with Crippen LogP contribution in [0.5, 0.6) is 0 Å². The molecule has 1 aromatic heterocycles. The van der Waals surface area contributed by atoms with Crippen molar-refractivity contribution in [2.45, 2.75) is 0 Å². The summed E-state index contributed by atoms with van der Waals surface area (Å²) in [5.74, 6) is 0. The maximum absolute atomic E-state index is 6.53. The van der Waals surface area contributed by atoms with E-state index in [0.717, 1.165) is 60.9 Å². The number of rotatable bonds is 7. The van der Waals surface area contributed by atoms with Crippen molar-refractivity contribution in [2.75, 3.05) is 4.90 Å². The van der Waals surface area contributed by atoms with Gasteiger partial charge in [0.25, 0.3) is 0 Å². The molecule has 0 aliphatic rings. The van der Waals surface area contributed by atoms with Crippen molar-refractivity contribution in [2.24, 2.45) is 0 Å². The van der Waals surface area contributed by atoms with Gasteiger partial charge in [0, 0.05) is 33.1 Å². The Bertz CT molecular complexity index is 3610. The molecule has 11 aromatic carbocycles. The second-order valence-electron chi connectivity index (χ2n) is 16.1. The van der Waals surface area contributed by atoms with Crippen LogP contribution in [0.2, 0.25) is 0 Å². The molecule has 290 valence electrons. The first-order valence-electron chi connectivity index (χ1n) is 21.2. The Labute approximate surface area is 360 Å². The molecule has 0 saturated carbocycles. The van der Waals surface area contributed by atoms with Gasteiger partial charge in [0.1, 0.15) is 11.2 Å². The van der Waals surface area contributed by atoms with Crippen molar-refractivity contribution in [1.82, 2.24) is 0 Å². The van der Waals surface area contributed by atoms with Crippen molar-refractivity contribution < 1.29 is 4.42 Å². The van der Waals surface area contributed by atoms with Gasteiger partial charge in [-0.25, -0.2) is 0 Å². The van der Waals surface area contributed by atoms with E-state index in [2.05, 4.69) is 235 Å². The fourth-order valence-corrected chi connectivity index (χ4v) is 9.39. The molecule has 0 N–H and O–H groups in total. The number of hydrogen-bond acceptors (Lipinski definition) is 2. The summed E-state index contributed by atoms with van der Waals surface area (Å²) in [4.78, 5) is 2.39. The predicted molar refractivity (Wildman–Crippen MR) is 263 cm³/mol. The Kier molecular flexibility index (Phi) is 8.53. The van der Waals surface area contributed by atoms with Crippen LogP contribution in [0.25, 0.3) is 98.8 Å². The quantitative estimate of drug-likeness (QED) is 0.160. The van der Waals surface area contributed by atoms with Crippen LogP contribution in [-0.4, -0.2) is 0 Å². The summed E-state index contributed by atoms with van der Waals surface area (Å²) >= 11 is 0. The van der Waals surface area contributed by atoms with E-state index in [1.165, 1.54) is 54.9 Å². The molecule has 0 saturated heterocycles. The van der Waals surface area contributed by atoms with Gasteiger partial charge >= 0.3 is 0 Å². The van der Waals surface area contributed by atoms with Gasteiger partial charge in [-0.15, -0.1) is 0 Å². The molecule has 0 amide bonds. The Hall–Kier alpha value is -8.20. The maximum atomic E-state index is 6.53. The van der Waals surface area contributed by atoms with E-state index in [9.17, 15) is 0 Å².